The molecule has 0 saturated heterocycles. The molecule has 13 heavy (non-hydrogen) atoms. The summed E-state index contributed by atoms with van der Waals surface area (Å²) in [4.78, 5) is 1.87. The van der Waals surface area contributed by atoms with Crippen LogP contribution >= 0.6 is 0 Å². The van der Waals surface area contributed by atoms with Gasteiger partial charge in [0.05, 0.1) is 12.3 Å². The molecule has 1 heterocycles. The highest BCUT2D eigenvalue weighted by atomic mass is 15.3. The topological polar surface area (TPSA) is 44.9 Å². The lowest BCUT2D eigenvalue weighted by Gasteiger charge is -2.14. The van der Waals surface area contributed by atoms with Crippen LogP contribution in [0.3, 0.4) is 0 Å². The Balaban J connectivity index is 2.87. The Kier molecular flexibility index (Phi) is 3.04. The maximum atomic E-state index is 8.90. The van der Waals surface area contributed by atoms with Gasteiger partial charge in [0.25, 0.3) is 0 Å². The molecule has 1 aromatic rings. The number of nitrogens with zero attached hydrogens (tertiary/aromatic N) is 4. The van der Waals surface area contributed by atoms with E-state index in [2.05, 4.69) is 11.2 Å². The van der Waals surface area contributed by atoms with Crippen LogP contribution in [0.15, 0.2) is 12.4 Å². The minimum Gasteiger partial charge on any atom is -0.290 e. The Bertz CT molecular complexity index is 308. The fraction of sp³-hybridized carbons (Fsp3) is 0.556. The highest BCUT2D eigenvalue weighted by Crippen LogP contribution is 2.15. The minimum atomic E-state index is -0.194. The van der Waals surface area contributed by atoms with E-state index in [1.54, 1.807) is 6.20 Å². The molecule has 0 N–H and O–H groups in total. The first-order chi connectivity index (χ1) is 6.19. The number of aryl methyl sites for hydroxylation is 1. The molecule has 0 aromatic carbocycles. The molecule has 0 aliphatic heterocycles. The highest BCUT2D eigenvalue weighted by Gasteiger charge is 2.14. The van der Waals surface area contributed by atoms with Crippen molar-refractivity contribution in [3.63, 3.8) is 0 Å². The van der Waals surface area contributed by atoms with Gasteiger partial charge in [-0.25, -0.2) is 0 Å². The van der Waals surface area contributed by atoms with Gasteiger partial charge in [-0.2, -0.15) is 10.4 Å². The molecule has 70 valence electrons. The van der Waals surface area contributed by atoms with Gasteiger partial charge in [0, 0.05) is 18.3 Å². The molecule has 0 fully saturated rings. The molecular weight excluding hydrogens is 164 g/mol. The van der Waals surface area contributed by atoms with E-state index in [9.17, 15) is 0 Å². The fourth-order valence-corrected chi connectivity index (χ4v) is 1.18. The second kappa shape index (κ2) is 4.06. The SMILES string of the molecule is CCn1cc(C(C#N)N(C)C)cn1. The zero-order valence-electron chi connectivity index (χ0n) is 8.23. The highest BCUT2D eigenvalue weighted by molar-refractivity contribution is 5.17. The van der Waals surface area contributed by atoms with Gasteiger partial charge in [0.15, 0.2) is 0 Å². The van der Waals surface area contributed by atoms with Gasteiger partial charge in [0.1, 0.15) is 6.04 Å². The van der Waals surface area contributed by atoms with Gasteiger partial charge >= 0.3 is 0 Å². The number of hydrogen-bond acceptors (Lipinski definition) is 3. The maximum absolute atomic E-state index is 8.90. The first kappa shape index (κ1) is 9.75. The predicted molar refractivity (Wildman–Crippen MR) is 49.9 cm³/mol. The monoisotopic (exact) mass is 178 g/mol. The third-order valence-electron chi connectivity index (χ3n) is 1.93. The summed E-state index contributed by atoms with van der Waals surface area (Å²) in [6.45, 7) is 2.86. The summed E-state index contributed by atoms with van der Waals surface area (Å²) in [7, 11) is 3.77. The molecular formula is C9H14N4. The Hall–Kier alpha value is -1.34. The average molecular weight is 178 g/mol. The Morgan fingerprint density at radius 1 is 1.69 bits per heavy atom. The van der Waals surface area contributed by atoms with Crippen molar-refractivity contribution in [2.75, 3.05) is 14.1 Å². The van der Waals surface area contributed by atoms with Gasteiger partial charge in [-0.15, -0.1) is 0 Å². The Labute approximate surface area is 78.4 Å². The number of aromatic nitrogens is 2. The first-order valence-corrected chi connectivity index (χ1v) is 4.27. The zero-order chi connectivity index (χ0) is 9.84. The van der Waals surface area contributed by atoms with Crippen molar-refractivity contribution in [2.24, 2.45) is 0 Å². The molecule has 0 spiro atoms. The molecule has 0 aliphatic rings. The lowest BCUT2D eigenvalue weighted by Crippen LogP contribution is -2.17. The van der Waals surface area contributed by atoms with E-state index >= 15 is 0 Å². The molecule has 4 nitrogen and oxygen atoms in total. The van der Waals surface area contributed by atoms with Crippen molar-refractivity contribution in [3.8, 4) is 6.07 Å². The molecule has 4 heteroatoms. The van der Waals surface area contributed by atoms with Crippen LogP contribution in [0.2, 0.25) is 0 Å². The van der Waals surface area contributed by atoms with Crippen LogP contribution in [-0.2, 0) is 6.54 Å². The van der Waals surface area contributed by atoms with E-state index in [4.69, 9.17) is 5.26 Å². The van der Waals surface area contributed by atoms with Crippen LogP contribution in [0.1, 0.15) is 18.5 Å². The molecule has 0 amide bonds. The molecule has 0 aliphatic carbocycles. The van der Waals surface area contributed by atoms with E-state index in [1.165, 1.54) is 0 Å². The van der Waals surface area contributed by atoms with Crippen molar-refractivity contribution in [2.45, 2.75) is 19.5 Å². The van der Waals surface area contributed by atoms with Crippen LogP contribution in [0.5, 0.6) is 0 Å². The normalized spacial score (nSPS) is 12.8. The number of nitriles is 1. The fourth-order valence-electron chi connectivity index (χ4n) is 1.18. The summed E-state index contributed by atoms with van der Waals surface area (Å²) in [5.74, 6) is 0. The molecule has 0 bridgehead atoms. The largest absolute Gasteiger partial charge is 0.290 e. The predicted octanol–water partition coefficient (Wildman–Crippen LogP) is 1.03. The minimum absolute atomic E-state index is 0.194. The second-order valence-electron chi connectivity index (χ2n) is 3.12. The smallest absolute Gasteiger partial charge is 0.126 e. The quantitative estimate of drug-likeness (QED) is 0.694. The summed E-state index contributed by atoms with van der Waals surface area (Å²) in [5, 5.41) is 13.0. The molecule has 1 rings (SSSR count). The maximum Gasteiger partial charge on any atom is 0.126 e. The zero-order valence-corrected chi connectivity index (χ0v) is 8.23. The van der Waals surface area contributed by atoms with Gasteiger partial charge in [-0.05, 0) is 21.0 Å². The van der Waals surface area contributed by atoms with Crippen molar-refractivity contribution < 1.29 is 0 Å². The van der Waals surface area contributed by atoms with Gasteiger partial charge in [-0.1, -0.05) is 0 Å². The van der Waals surface area contributed by atoms with E-state index in [0.717, 1.165) is 12.1 Å². The number of hydrogen-bond donors (Lipinski definition) is 0. The molecule has 1 atom stereocenters. The van der Waals surface area contributed by atoms with Crippen molar-refractivity contribution >= 4 is 0 Å². The third-order valence-corrected chi connectivity index (χ3v) is 1.93. The summed E-state index contributed by atoms with van der Waals surface area (Å²) in [6, 6.07) is 2.03. The summed E-state index contributed by atoms with van der Waals surface area (Å²) in [5.41, 5.74) is 0.953. The van der Waals surface area contributed by atoms with Crippen molar-refractivity contribution in [3.05, 3.63) is 18.0 Å². The van der Waals surface area contributed by atoms with E-state index in [-0.39, 0.29) is 6.04 Å². The van der Waals surface area contributed by atoms with Crippen molar-refractivity contribution in [1.82, 2.24) is 14.7 Å². The van der Waals surface area contributed by atoms with Crippen LogP contribution in [0, 0.1) is 11.3 Å². The van der Waals surface area contributed by atoms with E-state index < -0.39 is 0 Å². The lowest BCUT2D eigenvalue weighted by molar-refractivity contribution is 0.358. The lowest BCUT2D eigenvalue weighted by atomic mass is 10.2. The molecule has 1 aromatic heterocycles. The Morgan fingerprint density at radius 3 is 2.77 bits per heavy atom. The number of rotatable bonds is 3. The van der Waals surface area contributed by atoms with Crippen molar-refractivity contribution in [1.29, 1.82) is 5.26 Å². The van der Waals surface area contributed by atoms with E-state index in [1.807, 2.05) is 36.8 Å². The van der Waals surface area contributed by atoms with Crippen LogP contribution in [-0.4, -0.2) is 28.8 Å². The van der Waals surface area contributed by atoms with Crippen LogP contribution in [0.25, 0.3) is 0 Å². The van der Waals surface area contributed by atoms with Gasteiger partial charge in [0.2, 0.25) is 0 Å². The average Bonchev–Trinajstić information content (AvgIpc) is 2.53. The van der Waals surface area contributed by atoms with Gasteiger partial charge < -0.3 is 0 Å². The summed E-state index contributed by atoms with van der Waals surface area (Å²) in [6.07, 6.45) is 3.66. The summed E-state index contributed by atoms with van der Waals surface area (Å²) >= 11 is 0. The van der Waals surface area contributed by atoms with Crippen LogP contribution < -0.4 is 0 Å². The molecule has 1 unspecified atom stereocenters. The molecule has 0 saturated carbocycles. The standard InChI is InChI=1S/C9H14N4/c1-4-13-7-8(6-11-13)9(5-10)12(2)3/h6-7,9H,4H2,1-3H3. The molecule has 0 radical (unpaired) electrons. The van der Waals surface area contributed by atoms with Gasteiger partial charge in [-0.3, -0.25) is 9.58 Å². The first-order valence-electron chi connectivity index (χ1n) is 4.27. The third kappa shape index (κ3) is 2.07. The second-order valence-corrected chi connectivity index (χ2v) is 3.12. The van der Waals surface area contributed by atoms with Crippen LogP contribution in [0.4, 0.5) is 0 Å². The summed E-state index contributed by atoms with van der Waals surface area (Å²) < 4.78 is 1.82. The Morgan fingerprint density at radius 2 is 2.38 bits per heavy atom. The van der Waals surface area contributed by atoms with E-state index in [0.29, 0.717) is 0 Å².